The number of hydrogen-bond acceptors (Lipinski definition) is 2. The molecule has 1 saturated heterocycles. The summed E-state index contributed by atoms with van der Waals surface area (Å²) in [6.45, 7) is 1.41. The summed E-state index contributed by atoms with van der Waals surface area (Å²) in [6.07, 6.45) is 3.78. The van der Waals surface area contributed by atoms with Gasteiger partial charge in [0.05, 0.1) is 18.1 Å². The summed E-state index contributed by atoms with van der Waals surface area (Å²) in [6, 6.07) is 2.37. The van der Waals surface area contributed by atoms with Crippen molar-refractivity contribution in [2.24, 2.45) is 5.41 Å². The lowest BCUT2D eigenvalue weighted by molar-refractivity contribution is 0.0179. The fourth-order valence-corrected chi connectivity index (χ4v) is 1.73. The molecular weight excluding hydrogens is 174 g/mol. The van der Waals surface area contributed by atoms with Gasteiger partial charge in [-0.1, -0.05) is 0 Å². The zero-order valence-electron chi connectivity index (χ0n) is 7.18. The Hall–Kier alpha value is -0.260. The van der Waals surface area contributed by atoms with Crippen molar-refractivity contribution in [2.45, 2.75) is 25.7 Å². The quantitative estimate of drug-likeness (QED) is 0.636. The van der Waals surface area contributed by atoms with Crippen LogP contribution in [0.3, 0.4) is 0 Å². The summed E-state index contributed by atoms with van der Waals surface area (Å²) in [5.41, 5.74) is -0.229. The Balaban J connectivity index is 2.44. The van der Waals surface area contributed by atoms with E-state index < -0.39 is 0 Å². The van der Waals surface area contributed by atoms with Crippen molar-refractivity contribution in [2.75, 3.05) is 19.1 Å². The molecule has 1 heterocycles. The molecule has 1 aliphatic heterocycles. The first-order valence-corrected chi connectivity index (χ1v) is 4.91. The second-order valence-electron chi connectivity index (χ2n) is 3.34. The minimum Gasteiger partial charge on any atom is -0.380 e. The highest BCUT2D eigenvalue weighted by molar-refractivity contribution is 6.17. The molecule has 0 bridgehead atoms. The zero-order chi connectivity index (χ0) is 8.86. The van der Waals surface area contributed by atoms with Gasteiger partial charge in [0.15, 0.2) is 0 Å². The third-order valence-electron chi connectivity index (χ3n) is 2.35. The molecule has 12 heavy (non-hydrogen) atoms. The highest BCUT2D eigenvalue weighted by atomic mass is 35.5. The SMILES string of the molecule is N#CC1(CCCCl)CCCOC1. The number of nitriles is 1. The minimum absolute atomic E-state index is 0.229. The normalized spacial score (nSPS) is 29.7. The van der Waals surface area contributed by atoms with E-state index in [0.29, 0.717) is 12.5 Å². The number of halogens is 1. The molecule has 68 valence electrons. The maximum atomic E-state index is 9.00. The van der Waals surface area contributed by atoms with Gasteiger partial charge in [-0.2, -0.15) is 5.26 Å². The molecule has 0 saturated carbocycles. The molecule has 2 nitrogen and oxygen atoms in total. The summed E-state index contributed by atoms with van der Waals surface area (Å²) in [5, 5.41) is 9.00. The van der Waals surface area contributed by atoms with Gasteiger partial charge in [0.25, 0.3) is 0 Å². The van der Waals surface area contributed by atoms with Gasteiger partial charge in [0.1, 0.15) is 0 Å². The van der Waals surface area contributed by atoms with Crippen molar-refractivity contribution in [3.05, 3.63) is 0 Å². The summed E-state index contributed by atoms with van der Waals surface area (Å²) in [5.74, 6) is 0.642. The lowest BCUT2D eigenvalue weighted by Crippen LogP contribution is -2.30. The standard InChI is InChI=1S/C9H14ClNO/c10-5-1-3-9(7-11)4-2-6-12-8-9/h1-6,8H2. The van der Waals surface area contributed by atoms with Gasteiger partial charge in [-0.05, 0) is 25.7 Å². The third-order valence-corrected chi connectivity index (χ3v) is 2.62. The van der Waals surface area contributed by atoms with Crippen molar-refractivity contribution in [3.8, 4) is 6.07 Å². The summed E-state index contributed by atoms with van der Waals surface area (Å²) >= 11 is 5.59. The van der Waals surface area contributed by atoms with E-state index in [-0.39, 0.29) is 5.41 Å². The van der Waals surface area contributed by atoms with E-state index in [0.717, 1.165) is 32.3 Å². The fraction of sp³-hybridized carbons (Fsp3) is 0.889. The molecule has 0 radical (unpaired) electrons. The van der Waals surface area contributed by atoms with Crippen molar-refractivity contribution < 1.29 is 4.74 Å². The molecule has 0 aromatic rings. The zero-order valence-corrected chi connectivity index (χ0v) is 7.94. The lowest BCUT2D eigenvalue weighted by atomic mass is 9.80. The van der Waals surface area contributed by atoms with Gasteiger partial charge in [-0.25, -0.2) is 0 Å². The average molecular weight is 188 g/mol. The van der Waals surface area contributed by atoms with E-state index in [1.807, 2.05) is 0 Å². The van der Waals surface area contributed by atoms with Crippen LogP contribution in [0.5, 0.6) is 0 Å². The molecule has 0 amide bonds. The molecule has 1 unspecified atom stereocenters. The van der Waals surface area contributed by atoms with Crippen LogP contribution in [-0.4, -0.2) is 19.1 Å². The van der Waals surface area contributed by atoms with Crippen LogP contribution in [0.25, 0.3) is 0 Å². The fourth-order valence-electron chi connectivity index (χ4n) is 1.60. The Morgan fingerprint density at radius 3 is 2.92 bits per heavy atom. The van der Waals surface area contributed by atoms with Crippen molar-refractivity contribution in [1.82, 2.24) is 0 Å². The average Bonchev–Trinajstić information content (AvgIpc) is 2.16. The number of nitrogens with zero attached hydrogens (tertiary/aromatic N) is 1. The second-order valence-corrected chi connectivity index (χ2v) is 3.72. The molecule has 0 aromatic carbocycles. The van der Waals surface area contributed by atoms with Crippen LogP contribution in [0.2, 0.25) is 0 Å². The molecule has 0 aromatic heterocycles. The summed E-state index contributed by atoms with van der Waals surface area (Å²) < 4.78 is 5.31. The van der Waals surface area contributed by atoms with Gasteiger partial charge < -0.3 is 4.74 Å². The third kappa shape index (κ3) is 2.36. The Labute approximate surface area is 78.5 Å². The summed E-state index contributed by atoms with van der Waals surface area (Å²) in [4.78, 5) is 0. The lowest BCUT2D eigenvalue weighted by Gasteiger charge is -2.30. The molecule has 1 fully saturated rings. The molecule has 1 atom stereocenters. The van der Waals surface area contributed by atoms with Crippen LogP contribution in [0.15, 0.2) is 0 Å². The van der Waals surface area contributed by atoms with Crippen LogP contribution in [-0.2, 0) is 4.74 Å². The van der Waals surface area contributed by atoms with Gasteiger partial charge in [0, 0.05) is 12.5 Å². The van der Waals surface area contributed by atoms with E-state index in [1.54, 1.807) is 0 Å². The predicted molar refractivity (Wildman–Crippen MR) is 48.1 cm³/mol. The first kappa shape index (κ1) is 9.83. The van der Waals surface area contributed by atoms with Crippen LogP contribution in [0.1, 0.15) is 25.7 Å². The largest absolute Gasteiger partial charge is 0.380 e. The monoisotopic (exact) mass is 187 g/mol. The number of rotatable bonds is 3. The Kier molecular flexibility index (Phi) is 3.84. The maximum Gasteiger partial charge on any atom is 0.0808 e. The van der Waals surface area contributed by atoms with Crippen LogP contribution < -0.4 is 0 Å². The van der Waals surface area contributed by atoms with Crippen LogP contribution >= 0.6 is 11.6 Å². The smallest absolute Gasteiger partial charge is 0.0808 e. The maximum absolute atomic E-state index is 9.00. The highest BCUT2D eigenvalue weighted by Gasteiger charge is 2.32. The highest BCUT2D eigenvalue weighted by Crippen LogP contribution is 2.32. The molecule has 0 N–H and O–H groups in total. The number of ether oxygens (including phenoxy) is 1. The van der Waals surface area contributed by atoms with Crippen molar-refractivity contribution in [1.29, 1.82) is 5.26 Å². The molecule has 3 heteroatoms. The predicted octanol–water partition coefficient (Wildman–Crippen LogP) is 2.33. The molecule has 1 aliphatic rings. The van der Waals surface area contributed by atoms with Gasteiger partial charge >= 0.3 is 0 Å². The number of hydrogen-bond donors (Lipinski definition) is 0. The minimum atomic E-state index is -0.229. The van der Waals surface area contributed by atoms with E-state index in [1.165, 1.54) is 0 Å². The van der Waals surface area contributed by atoms with E-state index in [4.69, 9.17) is 21.6 Å². The Morgan fingerprint density at radius 2 is 2.42 bits per heavy atom. The topological polar surface area (TPSA) is 33.0 Å². The first-order chi connectivity index (χ1) is 5.83. The molecule has 1 rings (SSSR count). The van der Waals surface area contributed by atoms with E-state index in [9.17, 15) is 0 Å². The van der Waals surface area contributed by atoms with Crippen LogP contribution in [0.4, 0.5) is 0 Å². The summed E-state index contributed by atoms with van der Waals surface area (Å²) in [7, 11) is 0. The molecular formula is C9H14ClNO. The van der Waals surface area contributed by atoms with Gasteiger partial charge in [-0.3, -0.25) is 0 Å². The molecule has 0 spiro atoms. The van der Waals surface area contributed by atoms with Crippen LogP contribution in [0, 0.1) is 16.7 Å². The van der Waals surface area contributed by atoms with Crippen molar-refractivity contribution in [3.63, 3.8) is 0 Å². The van der Waals surface area contributed by atoms with Gasteiger partial charge in [-0.15, -0.1) is 11.6 Å². The molecule has 0 aliphatic carbocycles. The van der Waals surface area contributed by atoms with E-state index >= 15 is 0 Å². The number of alkyl halides is 1. The second kappa shape index (κ2) is 4.69. The Bertz CT molecular complexity index is 170. The Morgan fingerprint density at radius 1 is 1.58 bits per heavy atom. The first-order valence-electron chi connectivity index (χ1n) is 4.38. The van der Waals surface area contributed by atoms with E-state index in [2.05, 4.69) is 6.07 Å². The van der Waals surface area contributed by atoms with Gasteiger partial charge in [0.2, 0.25) is 0 Å². The van der Waals surface area contributed by atoms with Crippen molar-refractivity contribution >= 4 is 11.6 Å².